The van der Waals surface area contributed by atoms with Gasteiger partial charge in [-0.2, -0.15) is 0 Å². The molecule has 84 heavy (non-hydrogen) atoms. The van der Waals surface area contributed by atoms with Crippen molar-refractivity contribution in [1.29, 1.82) is 0 Å². The normalized spacial score (nSPS) is 11.1. The Morgan fingerprint density at radius 2 is 0.405 bits per heavy atom. The van der Waals surface area contributed by atoms with Gasteiger partial charge in [0.05, 0.1) is 22.8 Å². The van der Waals surface area contributed by atoms with Crippen LogP contribution in [0.15, 0.2) is 334 Å². The Kier molecular flexibility index (Phi) is 14.1. The summed E-state index contributed by atoms with van der Waals surface area (Å²) >= 11 is 0. The number of pyridine rings is 1. The molecule has 0 amide bonds. The lowest BCUT2D eigenvalue weighted by molar-refractivity contribution is 1.18. The molecule has 14 rings (SSSR count). The molecule has 0 fully saturated rings. The van der Waals surface area contributed by atoms with Crippen LogP contribution in [0.1, 0.15) is 0 Å². The van der Waals surface area contributed by atoms with E-state index in [1.807, 2.05) is 0 Å². The summed E-state index contributed by atoms with van der Waals surface area (Å²) in [6.45, 7) is 0. The lowest BCUT2D eigenvalue weighted by Crippen LogP contribution is -2.02. The van der Waals surface area contributed by atoms with Crippen molar-refractivity contribution in [2.75, 3.05) is 0 Å². The van der Waals surface area contributed by atoms with Crippen molar-refractivity contribution >= 4 is 0 Å². The van der Waals surface area contributed by atoms with E-state index >= 15 is 0 Å². The molecule has 3 heteroatoms. The highest BCUT2D eigenvalue weighted by atomic mass is 14.9. The van der Waals surface area contributed by atoms with Gasteiger partial charge in [0, 0.05) is 44.5 Å². The van der Waals surface area contributed by atoms with Crippen LogP contribution in [0.5, 0.6) is 0 Å². The molecular weight excluding hydrogens is 1010 g/mol. The van der Waals surface area contributed by atoms with E-state index in [4.69, 9.17) is 15.0 Å². The molecule has 0 spiro atoms. The van der Waals surface area contributed by atoms with Crippen LogP contribution in [0.25, 0.3) is 145 Å². The Balaban J connectivity index is 0.987. The molecule has 14 aromatic rings. The summed E-state index contributed by atoms with van der Waals surface area (Å²) in [5.41, 5.74) is 26.1. The first-order valence-electron chi connectivity index (χ1n) is 28.6. The zero-order valence-corrected chi connectivity index (χ0v) is 46.1. The Labute approximate surface area is 491 Å². The average Bonchev–Trinajstić information content (AvgIpc) is 1.30. The average molecular weight is 1070 g/mol. The van der Waals surface area contributed by atoms with Crippen LogP contribution >= 0.6 is 0 Å². The van der Waals surface area contributed by atoms with Gasteiger partial charge in [0.1, 0.15) is 0 Å². The van der Waals surface area contributed by atoms with Gasteiger partial charge in [0.25, 0.3) is 0 Å². The minimum absolute atomic E-state index is 0.630. The van der Waals surface area contributed by atoms with Crippen LogP contribution in [0.3, 0.4) is 0 Å². The van der Waals surface area contributed by atoms with Crippen LogP contribution in [-0.4, -0.2) is 15.0 Å². The highest BCUT2D eigenvalue weighted by molar-refractivity contribution is 6.05. The molecular formula is C81H55N3. The fraction of sp³-hybridized carbons (Fsp3) is 0. The molecule has 0 unspecified atom stereocenters. The maximum Gasteiger partial charge on any atom is 0.160 e. The second-order valence-electron chi connectivity index (χ2n) is 21.1. The molecule has 394 valence electrons. The number of nitrogens with zero attached hydrogens (tertiary/aromatic N) is 3. The third kappa shape index (κ3) is 10.6. The molecule has 0 aliphatic rings. The summed E-state index contributed by atoms with van der Waals surface area (Å²) < 4.78 is 0. The fourth-order valence-electron chi connectivity index (χ4n) is 11.5. The van der Waals surface area contributed by atoms with Crippen LogP contribution in [-0.2, 0) is 0 Å². The van der Waals surface area contributed by atoms with E-state index in [2.05, 4.69) is 334 Å². The van der Waals surface area contributed by atoms with E-state index in [0.29, 0.717) is 5.82 Å². The number of rotatable bonds is 13. The molecule has 3 nitrogen and oxygen atoms in total. The molecule has 0 saturated heterocycles. The van der Waals surface area contributed by atoms with Crippen LogP contribution in [0, 0.1) is 0 Å². The lowest BCUT2D eigenvalue weighted by atomic mass is 9.83. The van der Waals surface area contributed by atoms with Crippen molar-refractivity contribution < 1.29 is 0 Å². The summed E-state index contributed by atoms with van der Waals surface area (Å²) in [6.07, 6.45) is 0. The van der Waals surface area contributed by atoms with Gasteiger partial charge in [-0.05, 0) is 121 Å². The predicted molar refractivity (Wildman–Crippen MR) is 350 cm³/mol. The van der Waals surface area contributed by atoms with E-state index in [-0.39, 0.29) is 0 Å². The van der Waals surface area contributed by atoms with Crippen molar-refractivity contribution in [3.8, 4) is 145 Å². The van der Waals surface area contributed by atoms with E-state index in [1.54, 1.807) is 0 Å². The van der Waals surface area contributed by atoms with Gasteiger partial charge >= 0.3 is 0 Å². The van der Waals surface area contributed by atoms with Crippen LogP contribution in [0.2, 0.25) is 0 Å². The molecule has 12 aromatic carbocycles. The van der Waals surface area contributed by atoms with Gasteiger partial charge in [-0.25, -0.2) is 15.0 Å². The molecule has 0 bridgehead atoms. The Morgan fingerprint density at radius 1 is 0.143 bits per heavy atom. The number of benzene rings is 12. The van der Waals surface area contributed by atoms with Gasteiger partial charge < -0.3 is 0 Å². The zero-order chi connectivity index (χ0) is 56.0. The van der Waals surface area contributed by atoms with Crippen molar-refractivity contribution in [3.05, 3.63) is 334 Å². The summed E-state index contributed by atoms with van der Waals surface area (Å²) in [5, 5.41) is 0. The van der Waals surface area contributed by atoms with Crippen LogP contribution < -0.4 is 0 Å². The summed E-state index contributed by atoms with van der Waals surface area (Å²) in [5.74, 6) is 0.630. The van der Waals surface area contributed by atoms with E-state index in [1.165, 1.54) is 11.1 Å². The highest BCUT2D eigenvalue weighted by Gasteiger charge is 2.26. The fourth-order valence-corrected chi connectivity index (χ4v) is 11.5. The number of hydrogen-bond donors (Lipinski definition) is 0. The smallest absolute Gasteiger partial charge is 0.160 e. The first-order valence-corrected chi connectivity index (χ1v) is 28.6. The first kappa shape index (κ1) is 51.0. The van der Waals surface area contributed by atoms with Crippen LogP contribution in [0.4, 0.5) is 0 Å². The van der Waals surface area contributed by atoms with E-state index < -0.39 is 0 Å². The number of hydrogen-bond acceptors (Lipinski definition) is 3. The molecule has 0 radical (unpaired) electrons. The van der Waals surface area contributed by atoms with Gasteiger partial charge in [-0.1, -0.05) is 285 Å². The topological polar surface area (TPSA) is 38.7 Å². The highest BCUT2D eigenvalue weighted by Crippen LogP contribution is 2.49. The maximum atomic E-state index is 5.72. The molecule has 0 aliphatic heterocycles. The van der Waals surface area contributed by atoms with Crippen molar-refractivity contribution in [1.82, 2.24) is 15.0 Å². The van der Waals surface area contributed by atoms with Crippen molar-refractivity contribution in [2.24, 2.45) is 0 Å². The quantitative estimate of drug-likeness (QED) is 0.115. The van der Waals surface area contributed by atoms with Crippen molar-refractivity contribution in [2.45, 2.75) is 0 Å². The molecule has 0 atom stereocenters. The second kappa shape index (κ2) is 23.2. The third-order valence-electron chi connectivity index (χ3n) is 15.7. The Bertz CT molecular complexity index is 4360. The second-order valence-corrected chi connectivity index (χ2v) is 21.1. The van der Waals surface area contributed by atoms with Crippen molar-refractivity contribution in [3.63, 3.8) is 0 Å². The van der Waals surface area contributed by atoms with Gasteiger partial charge in [0.15, 0.2) is 5.82 Å². The van der Waals surface area contributed by atoms with Gasteiger partial charge in [-0.15, -0.1) is 0 Å². The molecule has 0 saturated carbocycles. The minimum Gasteiger partial charge on any atom is -0.246 e. The molecule has 2 heterocycles. The van der Waals surface area contributed by atoms with Gasteiger partial charge in [-0.3, -0.25) is 0 Å². The zero-order valence-electron chi connectivity index (χ0n) is 46.1. The first-order chi connectivity index (χ1) is 41.6. The Morgan fingerprint density at radius 3 is 0.774 bits per heavy atom. The maximum absolute atomic E-state index is 5.72. The third-order valence-corrected chi connectivity index (χ3v) is 15.7. The van der Waals surface area contributed by atoms with E-state index in [0.717, 1.165) is 128 Å². The SMILES string of the molecule is c1ccc(-c2cc(-c3ccccc3)cc(-c3ccc(-c4nc(-c5cc(-c6ccccc6)cc(-c6ccccc6)c5)cc(-c5cccc(-c6c(-c7ccccc7)c(-c7ccccc7)nc(-c7ccccc7)c6-c6ccccc6)c5)n4)cc3)c2)cc1. The standard InChI is InChI=1S/C81H55N3/c1-9-26-56(27-10-1)68-49-69(57-28-11-2-12-29-57)51-70(50-68)60-44-46-65(47-45-60)81-82-74(55-75(83-81)73-53-71(58-30-13-3-14-31-58)52-72(54-73)59-32-15-4-16-33-59)66-42-25-43-67(48-66)76-77(61-34-17-5-18-35-61)79(63-38-21-7-22-39-63)84-80(64-40-23-8-24-41-64)78(76)62-36-19-6-20-37-62/h1-55H. The minimum atomic E-state index is 0.630. The summed E-state index contributed by atoms with van der Waals surface area (Å²) in [7, 11) is 0. The molecule has 2 aromatic heterocycles. The Hall–Kier alpha value is -11.1. The van der Waals surface area contributed by atoms with E-state index in [9.17, 15) is 0 Å². The van der Waals surface area contributed by atoms with Gasteiger partial charge in [0.2, 0.25) is 0 Å². The molecule has 0 N–H and O–H groups in total. The predicted octanol–water partition coefficient (Wildman–Crippen LogP) is 21.5. The number of aromatic nitrogens is 3. The largest absolute Gasteiger partial charge is 0.246 e. The summed E-state index contributed by atoms with van der Waals surface area (Å²) in [4.78, 5) is 16.8. The lowest BCUT2D eigenvalue weighted by Gasteiger charge is -2.23. The monoisotopic (exact) mass is 1070 g/mol. The molecule has 0 aliphatic carbocycles. The summed E-state index contributed by atoms with van der Waals surface area (Å²) in [6, 6.07) is 119.